The Balaban J connectivity index is 1.34. The number of fused-ring (bicyclic) bond motifs is 1. The molecule has 4 N–H and O–H groups in total. The van der Waals surface area contributed by atoms with Crippen LogP contribution in [0.2, 0.25) is 0 Å². The van der Waals surface area contributed by atoms with Gasteiger partial charge >= 0.3 is 6.03 Å². The third-order valence-electron chi connectivity index (χ3n) is 12.0. The molecule has 0 spiro atoms. The van der Waals surface area contributed by atoms with Crippen LogP contribution in [0.4, 0.5) is 4.79 Å². The minimum absolute atomic E-state index is 0.0172. The number of Topliss-reactive ketones (excluding diaryl/α,β-unsaturated/α-hetero) is 1. The molecule has 13 heteroatoms. The Morgan fingerprint density at radius 3 is 2.02 bits per heavy atom. The van der Waals surface area contributed by atoms with Crippen LogP contribution in [-0.4, -0.2) is 89.6 Å². The minimum atomic E-state index is -3.55. The van der Waals surface area contributed by atoms with Gasteiger partial charge in [0.05, 0.1) is 22.1 Å². The fraction of sp³-hybridized carbons (Fsp3) is 0.865. The summed E-state index contributed by atoms with van der Waals surface area (Å²) in [6.45, 7) is 10.9. The van der Waals surface area contributed by atoms with Gasteiger partial charge < -0.3 is 26.2 Å². The molecule has 1 heterocycles. The lowest BCUT2D eigenvalue weighted by atomic mass is 9.80. The smallest absolute Gasteiger partial charge is 0.315 e. The third kappa shape index (κ3) is 8.84. The van der Waals surface area contributed by atoms with Crippen LogP contribution < -0.4 is 21.3 Å². The standard InChI is InChI=1S/C37H61N5O7S/c1-35(2,3)30(40-34(47)41-37(18-8-7-9-19-37)22-50(48,49)36(4,5)6)33(46)42-21-24-14-11-15-26(24)28(42)31(44)39-27(20-23-12-10-13-23)29(43)32(45)38-25-16-17-25/h23-28,30H,7-22H2,1-6H3,(H,38,45)(H,39,44)(H2,40,41,47)/t24-,26-,27?,28-,30+/m0/s1. The maximum absolute atomic E-state index is 14.6. The fourth-order valence-corrected chi connectivity index (χ4v) is 9.92. The van der Waals surface area contributed by atoms with E-state index < -0.39 is 67.3 Å². The van der Waals surface area contributed by atoms with Gasteiger partial charge in [-0.3, -0.25) is 19.2 Å². The summed E-state index contributed by atoms with van der Waals surface area (Å²) in [5.74, 6) is -1.97. The predicted octanol–water partition coefficient (Wildman–Crippen LogP) is 3.77. The van der Waals surface area contributed by atoms with Crippen molar-refractivity contribution in [1.29, 1.82) is 0 Å². The van der Waals surface area contributed by atoms with Crippen molar-refractivity contribution in [3.63, 3.8) is 0 Å². The number of rotatable bonds is 12. The van der Waals surface area contributed by atoms with E-state index in [2.05, 4.69) is 21.3 Å². The van der Waals surface area contributed by atoms with Crippen molar-refractivity contribution in [2.45, 2.75) is 166 Å². The Hall–Kier alpha value is -2.70. The van der Waals surface area contributed by atoms with Gasteiger partial charge in [-0.25, -0.2) is 13.2 Å². The van der Waals surface area contributed by atoms with E-state index in [9.17, 15) is 32.4 Å². The number of ketones is 1. The van der Waals surface area contributed by atoms with Gasteiger partial charge in [0, 0.05) is 12.6 Å². The maximum atomic E-state index is 14.6. The van der Waals surface area contributed by atoms with E-state index in [1.807, 2.05) is 20.8 Å². The third-order valence-corrected chi connectivity index (χ3v) is 14.8. The van der Waals surface area contributed by atoms with Gasteiger partial charge in [-0.2, -0.15) is 0 Å². The second-order valence-electron chi connectivity index (χ2n) is 18.1. The number of nitrogens with zero attached hydrogens (tertiary/aromatic N) is 1. The Bertz CT molecular complexity index is 1420. The summed E-state index contributed by atoms with van der Waals surface area (Å²) in [5, 5.41) is 11.7. The molecule has 0 bridgehead atoms. The highest BCUT2D eigenvalue weighted by Crippen LogP contribution is 2.43. The second-order valence-corrected chi connectivity index (χ2v) is 20.8. The van der Waals surface area contributed by atoms with E-state index in [1.165, 1.54) is 0 Å². The van der Waals surface area contributed by atoms with E-state index in [4.69, 9.17) is 0 Å². The number of carbonyl (C=O) groups excluding carboxylic acids is 5. The first-order chi connectivity index (χ1) is 23.3. The molecule has 1 unspecified atom stereocenters. The van der Waals surface area contributed by atoms with Gasteiger partial charge in [-0.05, 0) is 88.9 Å². The molecule has 4 aliphatic carbocycles. The first-order valence-corrected chi connectivity index (χ1v) is 20.7. The van der Waals surface area contributed by atoms with Gasteiger partial charge in [-0.15, -0.1) is 0 Å². The molecule has 5 fully saturated rings. The topological polar surface area (TPSA) is 171 Å². The minimum Gasteiger partial charge on any atom is -0.347 e. The molecule has 4 saturated carbocycles. The van der Waals surface area contributed by atoms with Gasteiger partial charge in [0.15, 0.2) is 9.84 Å². The quantitative estimate of drug-likeness (QED) is 0.223. The van der Waals surface area contributed by atoms with Crippen molar-refractivity contribution >= 4 is 39.4 Å². The molecule has 5 aliphatic rings. The normalized spacial score (nSPS) is 26.6. The number of hydrogen-bond donors (Lipinski definition) is 4. The summed E-state index contributed by atoms with van der Waals surface area (Å²) >= 11 is 0. The number of urea groups is 1. The first kappa shape index (κ1) is 38.5. The van der Waals surface area contributed by atoms with Crippen LogP contribution in [-0.2, 0) is 29.0 Å². The van der Waals surface area contributed by atoms with Crippen molar-refractivity contribution < 1.29 is 32.4 Å². The first-order valence-electron chi connectivity index (χ1n) is 19.1. The lowest BCUT2D eigenvalue weighted by molar-refractivity contribution is -0.144. The van der Waals surface area contributed by atoms with Gasteiger partial charge in [0.2, 0.25) is 17.6 Å². The summed E-state index contributed by atoms with van der Waals surface area (Å²) in [7, 11) is -3.55. The predicted molar refractivity (Wildman–Crippen MR) is 191 cm³/mol. The summed E-state index contributed by atoms with van der Waals surface area (Å²) in [6, 6.07) is -3.37. The molecule has 282 valence electrons. The van der Waals surface area contributed by atoms with Crippen LogP contribution >= 0.6 is 0 Å². The molecule has 12 nitrogen and oxygen atoms in total. The molecule has 1 saturated heterocycles. The van der Waals surface area contributed by atoms with Gasteiger partial charge in [0.1, 0.15) is 12.1 Å². The molecule has 5 rings (SSSR count). The van der Waals surface area contributed by atoms with Crippen molar-refractivity contribution in [2.24, 2.45) is 23.2 Å². The Morgan fingerprint density at radius 1 is 0.820 bits per heavy atom. The Morgan fingerprint density at radius 2 is 1.46 bits per heavy atom. The number of nitrogens with one attached hydrogen (secondary N) is 4. The summed E-state index contributed by atoms with van der Waals surface area (Å²) < 4.78 is 25.7. The average Bonchev–Trinajstić information content (AvgIpc) is 3.55. The number of amides is 5. The number of hydrogen-bond acceptors (Lipinski definition) is 7. The zero-order valence-electron chi connectivity index (χ0n) is 31.1. The number of likely N-dealkylation sites (tertiary alicyclic amines) is 1. The van der Waals surface area contributed by atoms with E-state index in [-0.39, 0.29) is 35.5 Å². The SMILES string of the molecule is CC(C)(C)[C@H](NC(=O)NC1(CS(=O)(=O)C(C)(C)C)CCCCC1)C(=O)N1C[C@@H]2CCC[C@@H]2[C@H]1C(=O)NC(CC1CCC1)C(=O)C(=O)NC1CC1. The lowest BCUT2D eigenvalue weighted by Crippen LogP contribution is -2.64. The zero-order valence-corrected chi connectivity index (χ0v) is 31.9. The van der Waals surface area contributed by atoms with E-state index in [1.54, 1.807) is 25.7 Å². The highest BCUT2D eigenvalue weighted by molar-refractivity contribution is 7.92. The van der Waals surface area contributed by atoms with Crippen LogP contribution in [0.1, 0.15) is 131 Å². The molecule has 0 aromatic carbocycles. The van der Waals surface area contributed by atoms with E-state index >= 15 is 0 Å². The monoisotopic (exact) mass is 719 g/mol. The van der Waals surface area contributed by atoms with Crippen LogP contribution in [0.25, 0.3) is 0 Å². The lowest BCUT2D eigenvalue weighted by Gasteiger charge is -2.41. The largest absolute Gasteiger partial charge is 0.347 e. The average molecular weight is 720 g/mol. The fourth-order valence-electron chi connectivity index (χ4n) is 8.40. The van der Waals surface area contributed by atoms with E-state index in [0.29, 0.717) is 25.8 Å². The number of sulfone groups is 1. The van der Waals surface area contributed by atoms with Crippen molar-refractivity contribution in [3.8, 4) is 0 Å². The molecule has 5 atom stereocenters. The molecule has 0 aromatic rings. The molecular formula is C37H61N5O7S. The molecule has 0 radical (unpaired) electrons. The van der Waals surface area contributed by atoms with Gasteiger partial charge in [-0.1, -0.05) is 65.7 Å². The van der Waals surface area contributed by atoms with Crippen LogP contribution in [0.5, 0.6) is 0 Å². The highest BCUT2D eigenvalue weighted by Gasteiger charge is 2.53. The zero-order chi connectivity index (χ0) is 36.6. The summed E-state index contributed by atoms with van der Waals surface area (Å²) in [4.78, 5) is 70.4. The molecular weight excluding hydrogens is 659 g/mol. The van der Waals surface area contributed by atoms with E-state index in [0.717, 1.165) is 70.6 Å². The molecule has 0 aromatic heterocycles. The van der Waals surface area contributed by atoms with Crippen molar-refractivity contribution in [2.75, 3.05) is 12.3 Å². The van der Waals surface area contributed by atoms with Gasteiger partial charge in [0.25, 0.3) is 5.91 Å². The molecule has 1 aliphatic heterocycles. The summed E-state index contributed by atoms with van der Waals surface area (Å²) in [6.07, 6.45) is 11.3. The Labute approximate surface area is 298 Å². The van der Waals surface area contributed by atoms with Crippen LogP contribution in [0.3, 0.4) is 0 Å². The summed E-state index contributed by atoms with van der Waals surface area (Å²) in [5.41, 5.74) is -1.69. The highest BCUT2D eigenvalue weighted by atomic mass is 32.2. The van der Waals surface area contributed by atoms with Crippen LogP contribution in [0, 0.1) is 23.2 Å². The molecule has 50 heavy (non-hydrogen) atoms. The number of carbonyl (C=O) groups is 5. The second kappa shape index (κ2) is 14.7. The van der Waals surface area contributed by atoms with Crippen LogP contribution in [0.15, 0.2) is 0 Å². The Kier molecular flexibility index (Phi) is 11.4. The van der Waals surface area contributed by atoms with Crippen molar-refractivity contribution in [3.05, 3.63) is 0 Å². The molecule has 5 amide bonds. The van der Waals surface area contributed by atoms with Crippen molar-refractivity contribution in [1.82, 2.24) is 26.2 Å². The maximum Gasteiger partial charge on any atom is 0.315 e.